The number of fused-ring (bicyclic) bond motifs is 5. The molecule has 0 unspecified atom stereocenters. The zero-order valence-corrected chi connectivity index (χ0v) is 25.9. The summed E-state index contributed by atoms with van der Waals surface area (Å²) in [4.78, 5) is 12.5. The van der Waals surface area contributed by atoms with Gasteiger partial charge in [0.15, 0.2) is 0 Å². The molecule has 0 amide bonds. The van der Waals surface area contributed by atoms with Gasteiger partial charge < -0.3 is 9.47 Å². The Hall–Kier alpha value is -1.29. The first-order chi connectivity index (χ1) is 18.1. The van der Waals surface area contributed by atoms with E-state index in [1.54, 1.807) is 17.7 Å². The zero-order valence-electron chi connectivity index (χ0n) is 24.3. The van der Waals surface area contributed by atoms with E-state index in [-0.39, 0.29) is 11.5 Å². The minimum Gasteiger partial charge on any atom is -0.430 e. The fraction of sp³-hybridized carbons (Fsp3) is 0.735. The molecule has 0 saturated heterocycles. The number of benzene rings is 1. The maximum absolute atomic E-state index is 12.5. The van der Waals surface area contributed by atoms with Gasteiger partial charge in [-0.05, 0) is 116 Å². The van der Waals surface area contributed by atoms with Crippen LogP contribution in [-0.4, -0.2) is 12.3 Å². The van der Waals surface area contributed by atoms with E-state index < -0.39 is 6.16 Å². The van der Waals surface area contributed by atoms with Crippen LogP contribution in [0.2, 0.25) is 0 Å². The van der Waals surface area contributed by atoms with Crippen molar-refractivity contribution in [3.63, 3.8) is 0 Å². The molecule has 0 radical (unpaired) electrons. The summed E-state index contributed by atoms with van der Waals surface area (Å²) in [5.74, 6) is 5.60. The summed E-state index contributed by atoms with van der Waals surface area (Å²) in [7, 11) is 0. The number of carbonyl (C=O) groups excluding carboxylic acids is 1. The third kappa shape index (κ3) is 5.50. The van der Waals surface area contributed by atoms with Gasteiger partial charge >= 0.3 is 6.16 Å². The Morgan fingerprint density at radius 1 is 1.00 bits per heavy atom. The van der Waals surface area contributed by atoms with Crippen molar-refractivity contribution in [1.29, 1.82) is 0 Å². The second kappa shape index (κ2) is 11.3. The highest BCUT2D eigenvalue weighted by atomic mass is 79.9. The minimum atomic E-state index is -0.580. The number of hydrogen-bond donors (Lipinski definition) is 0. The normalized spacial score (nSPS) is 37.0. The molecule has 1 aromatic rings. The SMILES string of the molecule is CC(C)CCC[C@@H](C)[C@H]1CC[C@@H]2[C@H]3CC=C4C[C@@H](OC(=O)Oc5ccc(Br)cc5)CC[C@]4(C)[C@@H]3CC[C@@]21C. The van der Waals surface area contributed by atoms with E-state index >= 15 is 0 Å². The lowest BCUT2D eigenvalue weighted by Gasteiger charge is -2.58. The van der Waals surface area contributed by atoms with E-state index in [0.717, 1.165) is 59.2 Å². The number of hydrogen-bond acceptors (Lipinski definition) is 3. The second-order valence-electron chi connectivity index (χ2n) is 14.1. The smallest absolute Gasteiger partial charge is 0.430 e. The van der Waals surface area contributed by atoms with Gasteiger partial charge in [-0.2, -0.15) is 0 Å². The summed E-state index contributed by atoms with van der Waals surface area (Å²) in [6.45, 7) is 12.5. The van der Waals surface area contributed by atoms with E-state index in [1.807, 2.05) is 12.1 Å². The maximum Gasteiger partial charge on any atom is 0.514 e. The van der Waals surface area contributed by atoms with E-state index in [1.165, 1.54) is 51.4 Å². The molecular weight excluding hydrogens is 536 g/mol. The van der Waals surface area contributed by atoms with Gasteiger partial charge in [0, 0.05) is 10.9 Å². The van der Waals surface area contributed by atoms with Crippen molar-refractivity contribution in [2.45, 2.75) is 111 Å². The molecule has 3 saturated carbocycles. The summed E-state index contributed by atoms with van der Waals surface area (Å²) in [6.07, 6.45) is 15.9. The van der Waals surface area contributed by atoms with Crippen molar-refractivity contribution in [3.05, 3.63) is 40.4 Å². The Kier molecular flexibility index (Phi) is 8.40. The Morgan fingerprint density at radius 3 is 2.50 bits per heavy atom. The van der Waals surface area contributed by atoms with Crippen molar-refractivity contribution < 1.29 is 14.3 Å². The van der Waals surface area contributed by atoms with Crippen molar-refractivity contribution in [2.24, 2.45) is 46.3 Å². The minimum absolute atomic E-state index is 0.0785. The van der Waals surface area contributed by atoms with Crippen LogP contribution in [0.3, 0.4) is 0 Å². The molecule has 0 aromatic heterocycles. The molecule has 0 heterocycles. The molecule has 4 aliphatic rings. The molecule has 8 atom stereocenters. The molecule has 38 heavy (non-hydrogen) atoms. The lowest BCUT2D eigenvalue weighted by atomic mass is 9.47. The van der Waals surface area contributed by atoms with Gasteiger partial charge in [-0.25, -0.2) is 4.79 Å². The fourth-order valence-corrected chi connectivity index (χ4v) is 9.78. The summed E-state index contributed by atoms with van der Waals surface area (Å²) in [5, 5.41) is 0. The fourth-order valence-electron chi connectivity index (χ4n) is 9.51. The van der Waals surface area contributed by atoms with Gasteiger partial charge in [0.1, 0.15) is 11.9 Å². The zero-order chi connectivity index (χ0) is 27.1. The Morgan fingerprint density at radius 2 is 1.76 bits per heavy atom. The van der Waals surface area contributed by atoms with Crippen LogP contribution in [0, 0.1) is 46.3 Å². The monoisotopic (exact) mass is 584 g/mol. The number of allylic oxidation sites excluding steroid dienone is 1. The van der Waals surface area contributed by atoms with Crippen LogP contribution < -0.4 is 4.74 Å². The molecule has 4 heteroatoms. The molecule has 3 fully saturated rings. The lowest BCUT2D eigenvalue weighted by Crippen LogP contribution is -2.51. The molecule has 1 aromatic carbocycles. The largest absolute Gasteiger partial charge is 0.514 e. The first kappa shape index (κ1) is 28.2. The summed E-state index contributed by atoms with van der Waals surface area (Å²) >= 11 is 3.42. The van der Waals surface area contributed by atoms with Crippen LogP contribution >= 0.6 is 15.9 Å². The molecule has 3 nitrogen and oxygen atoms in total. The summed E-state index contributed by atoms with van der Waals surface area (Å²) in [6, 6.07) is 7.30. The predicted molar refractivity (Wildman–Crippen MR) is 158 cm³/mol. The average molecular weight is 586 g/mol. The molecule has 0 aliphatic heterocycles. The van der Waals surface area contributed by atoms with Gasteiger partial charge in [-0.3, -0.25) is 0 Å². The van der Waals surface area contributed by atoms with E-state index in [2.05, 4.69) is 56.6 Å². The average Bonchev–Trinajstić information content (AvgIpc) is 3.23. The number of carbonyl (C=O) groups is 1. The van der Waals surface area contributed by atoms with E-state index in [0.29, 0.717) is 11.2 Å². The van der Waals surface area contributed by atoms with E-state index in [4.69, 9.17) is 9.47 Å². The van der Waals surface area contributed by atoms with Gasteiger partial charge in [-0.15, -0.1) is 0 Å². The van der Waals surface area contributed by atoms with Crippen LogP contribution in [0.4, 0.5) is 4.79 Å². The molecule has 0 bridgehead atoms. The third-order valence-corrected chi connectivity index (χ3v) is 12.1. The van der Waals surface area contributed by atoms with Crippen LogP contribution in [0.15, 0.2) is 40.4 Å². The van der Waals surface area contributed by atoms with Crippen LogP contribution in [-0.2, 0) is 4.74 Å². The van der Waals surface area contributed by atoms with Crippen LogP contribution in [0.5, 0.6) is 5.75 Å². The highest BCUT2D eigenvalue weighted by Gasteiger charge is 2.59. The number of halogens is 1. The highest BCUT2D eigenvalue weighted by Crippen LogP contribution is 2.67. The first-order valence-corrected chi connectivity index (χ1v) is 16.2. The quantitative estimate of drug-likeness (QED) is 0.181. The lowest BCUT2D eigenvalue weighted by molar-refractivity contribution is -0.0597. The molecular formula is C34H49BrO3. The van der Waals surface area contributed by atoms with Crippen molar-refractivity contribution in [2.75, 3.05) is 0 Å². The van der Waals surface area contributed by atoms with Crippen molar-refractivity contribution in [1.82, 2.24) is 0 Å². The predicted octanol–water partition coefficient (Wildman–Crippen LogP) is 10.4. The molecule has 4 aliphatic carbocycles. The summed E-state index contributed by atoms with van der Waals surface area (Å²) < 4.78 is 12.2. The highest BCUT2D eigenvalue weighted by molar-refractivity contribution is 9.10. The second-order valence-corrected chi connectivity index (χ2v) is 15.0. The van der Waals surface area contributed by atoms with Gasteiger partial charge in [0.25, 0.3) is 0 Å². The van der Waals surface area contributed by atoms with Crippen LogP contribution in [0.25, 0.3) is 0 Å². The van der Waals surface area contributed by atoms with Crippen LogP contribution in [0.1, 0.15) is 105 Å². The number of ether oxygens (including phenoxy) is 2. The Bertz CT molecular complexity index is 1020. The Labute approximate surface area is 239 Å². The number of rotatable bonds is 7. The van der Waals surface area contributed by atoms with E-state index in [9.17, 15) is 4.79 Å². The molecule has 210 valence electrons. The standard InChI is InChI=1S/C34H49BrO3/c1-22(2)7-6-8-23(3)29-15-16-30-28-14-9-24-21-27(38-32(36)37-26-12-10-25(35)11-13-26)17-19-33(24,4)31(28)18-20-34(29,30)5/h9-13,22-23,27-31H,6-8,14-21H2,1-5H3/t23-,27+,28-,29-,30-,31-,33+,34-/m1/s1. The maximum atomic E-state index is 12.5. The topological polar surface area (TPSA) is 35.5 Å². The third-order valence-electron chi connectivity index (χ3n) is 11.5. The van der Waals surface area contributed by atoms with Gasteiger partial charge in [-0.1, -0.05) is 81.5 Å². The van der Waals surface area contributed by atoms with Gasteiger partial charge in [0.05, 0.1) is 0 Å². The molecule has 0 N–H and O–H groups in total. The Balaban J connectivity index is 1.21. The molecule has 0 spiro atoms. The summed E-state index contributed by atoms with van der Waals surface area (Å²) in [5.41, 5.74) is 2.34. The van der Waals surface area contributed by atoms with Crippen molar-refractivity contribution in [3.8, 4) is 5.75 Å². The molecule has 5 rings (SSSR count). The van der Waals surface area contributed by atoms with Crippen molar-refractivity contribution >= 4 is 22.1 Å². The van der Waals surface area contributed by atoms with Gasteiger partial charge in [0.2, 0.25) is 0 Å². The first-order valence-electron chi connectivity index (χ1n) is 15.4.